The summed E-state index contributed by atoms with van der Waals surface area (Å²) in [7, 11) is -2.36. The lowest BCUT2D eigenvalue weighted by Gasteiger charge is -2.15. The van der Waals surface area contributed by atoms with Crippen LogP contribution in [0.4, 0.5) is 0 Å². The summed E-state index contributed by atoms with van der Waals surface area (Å²) in [5, 5.41) is 3.93. The number of thiazole rings is 1. The van der Waals surface area contributed by atoms with Crippen LogP contribution >= 0.6 is 27.3 Å². The minimum Gasteiger partial charge on any atom is -0.338 e. The molecule has 156 valence electrons. The third-order valence-corrected chi connectivity index (χ3v) is 7.81. The van der Waals surface area contributed by atoms with Gasteiger partial charge in [0.2, 0.25) is 21.7 Å². The molecule has 0 aliphatic rings. The van der Waals surface area contributed by atoms with Crippen molar-refractivity contribution in [1.82, 2.24) is 19.0 Å². The Bertz CT molecular complexity index is 1390. The number of hydrogen-bond donors (Lipinski definition) is 0. The van der Waals surface area contributed by atoms with Crippen LogP contribution in [0.5, 0.6) is 0 Å². The van der Waals surface area contributed by atoms with Crippen molar-refractivity contribution >= 4 is 47.5 Å². The predicted molar refractivity (Wildman–Crippen MR) is 118 cm³/mol. The molecule has 0 atom stereocenters. The predicted octanol–water partition coefficient (Wildman–Crippen LogP) is 3.72. The fraction of sp³-hybridized carbons (Fsp3) is 0.211. The third kappa shape index (κ3) is 3.85. The summed E-state index contributed by atoms with van der Waals surface area (Å²) in [5.41, 5.74) is 1.48. The molecule has 0 unspecified atom stereocenters. The molecule has 0 N–H and O–H groups in total. The molecular formula is C19H17BrN4O4S2. The second kappa shape index (κ2) is 8.06. The number of aromatic nitrogens is 3. The highest BCUT2D eigenvalue weighted by atomic mass is 79.9. The number of fused-ring (bicyclic) bond motifs is 1. The van der Waals surface area contributed by atoms with Gasteiger partial charge >= 0.3 is 4.87 Å². The molecular weight excluding hydrogens is 492 g/mol. The van der Waals surface area contributed by atoms with Gasteiger partial charge in [0, 0.05) is 23.6 Å². The first-order valence-electron chi connectivity index (χ1n) is 8.98. The first-order valence-corrected chi connectivity index (χ1v) is 12.0. The zero-order valence-corrected chi connectivity index (χ0v) is 19.3. The Morgan fingerprint density at radius 2 is 2.03 bits per heavy atom. The normalized spacial score (nSPS) is 12.1. The molecule has 0 saturated carbocycles. The van der Waals surface area contributed by atoms with Crippen molar-refractivity contribution in [3.8, 4) is 11.4 Å². The van der Waals surface area contributed by atoms with Gasteiger partial charge in [-0.1, -0.05) is 44.6 Å². The lowest BCUT2D eigenvalue weighted by atomic mass is 10.2. The van der Waals surface area contributed by atoms with Gasteiger partial charge < -0.3 is 4.52 Å². The maximum absolute atomic E-state index is 13.0. The molecule has 0 bridgehead atoms. The monoisotopic (exact) mass is 508 g/mol. The SMILES string of the molecule is CCn1c(=O)sc2cc(S(=O)(=O)N(C)Cc3nc(-c4cccc(Br)c4)no3)ccc21. The molecule has 4 rings (SSSR count). The van der Waals surface area contributed by atoms with Gasteiger partial charge in [-0.05, 0) is 37.3 Å². The van der Waals surface area contributed by atoms with Crippen LogP contribution in [0.15, 0.2) is 61.2 Å². The highest BCUT2D eigenvalue weighted by Gasteiger charge is 2.24. The molecule has 30 heavy (non-hydrogen) atoms. The number of nitrogens with zero attached hydrogens (tertiary/aromatic N) is 4. The fourth-order valence-electron chi connectivity index (χ4n) is 3.03. The Morgan fingerprint density at radius 3 is 2.77 bits per heavy atom. The highest BCUT2D eigenvalue weighted by molar-refractivity contribution is 9.10. The van der Waals surface area contributed by atoms with E-state index in [4.69, 9.17) is 4.52 Å². The van der Waals surface area contributed by atoms with E-state index < -0.39 is 10.0 Å². The molecule has 2 heterocycles. The standard InChI is InChI=1S/C19H17BrN4O4S2/c1-3-24-15-8-7-14(10-16(15)29-19(24)25)30(26,27)23(2)11-17-21-18(22-28-17)12-5-4-6-13(20)9-12/h4-10H,3,11H2,1-2H3. The van der Waals surface area contributed by atoms with Crippen molar-refractivity contribution in [2.24, 2.45) is 0 Å². The smallest absolute Gasteiger partial charge is 0.308 e. The van der Waals surface area contributed by atoms with Gasteiger partial charge in [0.25, 0.3) is 0 Å². The fourth-order valence-corrected chi connectivity index (χ4v) is 5.64. The number of benzene rings is 2. The molecule has 11 heteroatoms. The van der Waals surface area contributed by atoms with Crippen LogP contribution < -0.4 is 4.87 Å². The second-order valence-electron chi connectivity index (χ2n) is 6.52. The maximum atomic E-state index is 13.0. The molecule has 0 spiro atoms. The summed E-state index contributed by atoms with van der Waals surface area (Å²) in [6, 6.07) is 12.1. The average Bonchev–Trinajstić information content (AvgIpc) is 3.30. The summed E-state index contributed by atoms with van der Waals surface area (Å²) < 4.78 is 35.5. The highest BCUT2D eigenvalue weighted by Crippen LogP contribution is 2.25. The molecule has 0 aliphatic carbocycles. The number of sulfonamides is 1. The van der Waals surface area contributed by atoms with E-state index in [-0.39, 0.29) is 22.2 Å². The minimum absolute atomic E-state index is 0.0758. The van der Waals surface area contributed by atoms with Gasteiger partial charge in [-0.2, -0.15) is 9.29 Å². The Hall–Kier alpha value is -2.34. The summed E-state index contributed by atoms with van der Waals surface area (Å²) in [5.74, 6) is 0.558. The van der Waals surface area contributed by atoms with Crippen LogP contribution in [0, 0.1) is 0 Å². The van der Waals surface area contributed by atoms with E-state index in [0.29, 0.717) is 17.1 Å². The van der Waals surface area contributed by atoms with E-state index >= 15 is 0 Å². The van der Waals surface area contributed by atoms with Gasteiger partial charge in [0.1, 0.15) is 0 Å². The molecule has 2 aromatic heterocycles. The van der Waals surface area contributed by atoms with Crippen LogP contribution in [-0.4, -0.2) is 34.5 Å². The van der Waals surface area contributed by atoms with Crippen LogP contribution in [0.3, 0.4) is 0 Å². The molecule has 0 saturated heterocycles. The molecule has 0 fully saturated rings. The van der Waals surface area contributed by atoms with Crippen molar-refractivity contribution in [1.29, 1.82) is 0 Å². The Morgan fingerprint density at radius 1 is 1.23 bits per heavy atom. The summed E-state index contributed by atoms with van der Waals surface area (Å²) >= 11 is 4.42. The largest absolute Gasteiger partial charge is 0.338 e. The summed E-state index contributed by atoms with van der Waals surface area (Å²) in [6.07, 6.45) is 0. The maximum Gasteiger partial charge on any atom is 0.308 e. The van der Waals surface area contributed by atoms with E-state index in [2.05, 4.69) is 26.1 Å². The Kier molecular flexibility index (Phi) is 5.62. The lowest BCUT2D eigenvalue weighted by Crippen LogP contribution is -2.26. The Labute approximate surface area is 184 Å². The van der Waals surface area contributed by atoms with Gasteiger partial charge in [-0.15, -0.1) is 0 Å². The number of halogens is 1. The van der Waals surface area contributed by atoms with E-state index in [1.807, 2.05) is 31.2 Å². The van der Waals surface area contributed by atoms with Crippen molar-refractivity contribution in [3.63, 3.8) is 0 Å². The molecule has 0 radical (unpaired) electrons. The van der Waals surface area contributed by atoms with E-state index in [9.17, 15) is 13.2 Å². The van der Waals surface area contributed by atoms with Crippen LogP contribution in [0.2, 0.25) is 0 Å². The summed E-state index contributed by atoms with van der Waals surface area (Å²) in [6.45, 7) is 2.33. The Balaban J connectivity index is 1.59. The molecule has 2 aromatic carbocycles. The van der Waals surface area contributed by atoms with Crippen LogP contribution in [0.1, 0.15) is 12.8 Å². The lowest BCUT2D eigenvalue weighted by molar-refractivity contribution is 0.337. The van der Waals surface area contributed by atoms with Crippen LogP contribution in [0.25, 0.3) is 21.6 Å². The minimum atomic E-state index is -3.81. The van der Waals surface area contributed by atoms with Gasteiger partial charge in [0.15, 0.2) is 0 Å². The van der Waals surface area contributed by atoms with Gasteiger partial charge in [0.05, 0.1) is 21.7 Å². The van der Waals surface area contributed by atoms with Gasteiger partial charge in [-0.3, -0.25) is 9.36 Å². The summed E-state index contributed by atoms with van der Waals surface area (Å²) in [4.78, 5) is 16.3. The van der Waals surface area contributed by atoms with Crippen molar-refractivity contribution in [2.45, 2.75) is 24.9 Å². The second-order valence-corrected chi connectivity index (χ2v) is 10.5. The van der Waals surface area contributed by atoms with Crippen molar-refractivity contribution < 1.29 is 12.9 Å². The first kappa shape index (κ1) is 20.9. The van der Waals surface area contributed by atoms with E-state index in [1.165, 1.54) is 19.2 Å². The molecule has 4 aromatic rings. The molecule has 0 amide bonds. The van der Waals surface area contributed by atoms with Gasteiger partial charge in [-0.25, -0.2) is 8.42 Å². The zero-order chi connectivity index (χ0) is 21.5. The third-order valence-electron chi connectivity index (χ3n) is 4.57. The first-order chi connectivity index (χ1) is 14.3. The number of rotatable bonds is 6. The topological polar surface area (TPSA) is 98.3 Å². The number of hydrogen-bond acceptors (Lipinski definition) is 7. The van der Waals surface area contributed by atoms with E-state index in [0.717, 1.165) is 31.2 Å². The average molecular weight is 509 g/mol. The molecule has 8 nitrogen and oxygen atoms in total. The zero-order valence-electron chi connectivity index (χ0n) is 16.1. The van der Waals surface area contributed by atoms with Crippen molar-refractivity contribution in [2.75, 3.05) is 7.05 Å². The van der Waals surface area contributed by atoms with Crippen LogP contribution in [-0.2, 0) is 23.1 Å². The number of aryl methyl sites for hydroxylation is 1. The van der Waals surface area contributed by atoms with Crippen molar-refractivity contribution in [3.05, 3.63) is 62.5 Å². The quantitative estimate of drug-likeness (QED) is 0.393. The molecule has 0 aliphatic heterocycles. The van der Waals surface area contributed by atoms with E-state index in [1.54, 1.807) is 10.6 Å².